The molecule has 0 fully saturated rings. The highest BCUT2D eigenvalue weighted by atomic mass is 16.5. The Labute approximate surface area is 115 Å². The van der Waals surface area contributed by atoms with Crippen LogP contribution in [0, 0.1) is 13.8 Å². The van der Waals surface area contributed by atoms with Crippen LogP contribution in [0.15, 0.2) is 42.5 Å². The Bertz CT molecular complexity index is 588. The Balaban J connectivity index is 2.51. The first-order chi connectivity index (χ1) is 8.95. The molecule has 2 heteroatoms. The maximum absolute atomic E-state index is 6.58. The summed E-state index contributed by atoms with van der Waals surface area (Å²) in [5.74, 6) is 0.832. The summed E-state index contributed by atoms with van der Waals surface area (Å²) in [6.45, 7) is 6.24. The quantitative estimate of drug-likeness (QED) is 0.910. The van der Waals surface area contributed by atoms with Gasteiger partial charge in [-0.05, 0) is 49.6 Å². The van der Waals surface area contributed by atoms with Crippen molar-refractivity contribution in [1.29, 1.82) is 0 Å². The van der Waals surface area contributed by atoms with Gasteiger partial charge in [0.2, 0.25) is 0 Å². The van der Waals surface area contributed by atoms with E-state index in [2.05, 4.69) is 32.0 Å². The summed E-state index contributed by atoms with van der Waals surface area (Å²) in [5.41, 5.74) is 10.7. The summed E-state index contributed by atoms with van der Waals surface area (Å²) in [6.07, 6.45) is 0. The SMILES string of the molecule is COc1cccc(C(C)(N)c2ccc(C)cc2C)c1. The van der Waals surface area contributed by atoms with Gasteiger partial charge in [0.1, 0.15) is 5.75 Å². The molecule has 100 valence electrons. The van der Waals surface area contributed by atoms with E-state index in [0.717, 1.165) is 16.9 Å². The van der Waals surface area contributed by atoms with Gasteiger partial charge in [0.15, 0.2) is 0 Å². The monoisotopic (exact) mass is 255 g/mol. The molecule has 0 aliphatic heterocycles. The second kappa shape index (κ2) is 5.06. The Morgan fingerprint density at radius 2 is 1.79 bits per heavy atom. The topological polar surface area (TPSA) is 35.2 Å². The molecule has 0 aliphatic rings. The number of nitrogens with two attached hydrogens (primary N) is 1. The van der Waals surface area contributed by atoms with E-state index in [1.165, 1.54) is 11.1 Å². The third-order valence-electron chi connectivity index (χ3n) is 3.61. The van der Waals surface area contributed by atoms with Crippen molar-refractivity contribution >= 4 is 0 Å². The molecule has 2 N–H and O–H groups in total. The maximum atomic E-state index is 6.58. The van der Waals surface area contributed by atoms with E-state index in [0.29, 0.717) is 0 Å². The zero-order chi connectivity index (χ0) is 14.0. The van der Waals surface area contributed by atoms with Crippen molar-refractivity contribution in [2.75, 3.05) is 7.11 Å². The highest BCUT2D eigenvalue weighted by molar-refractivity contribution is 5.44. The Morgan fingerprint density at radius 1 is 1.05 bits per heavy atom. The van der Waals surface area contributed by atoms with Gasteiger partial charge >= 0.3 is 0 Å². The van der Waals surface area contributed by atoms with Gasteiger partial charge in [-0.1, -0.05) is 35.9 Å². The predicted molar refractivity (Wildman–Crippen MR) is 79.6 cm³/mol. The smallest absolute Gasteiger partial charge is 0.119 e. The number of hydrogen-bond donors (Lipinski definition) is 1. The molecule has 1 unspecified atom stereocenters. The van der Waals surface area contributed by atoms with Gasteiger partial charge < -0.3 is 10.5 Å². The van der Waals surface area contributed by atoms with E-state index in [1.54, 1.807) is 7.11 Å². The molecular weight excluding hydrogens is 234 g/mol. The van der Waals surface area contributed by atoms with Gasteiger partial charge in [0, 0.05) is 0 Å². The fraction of sp³-hybridized carbons (Fsp3) is 0.294. The van der Waals surface area contributed by atoms with Gasteiger partial charge in [-0.3, -0.25) is 0 Å². The van der Waals surface area contributed by atoms with Crippen LogP contribution in [0.2, 0.25) is 0 Å². The largest absolute Gasteiger partial charge is 0.497 e. The fourth-order valence-corrected chi connectivity index (χ4v) is 2.50. The molecule has 0 saturated heterocycles. The number of rotatable bonds is 3. The summed E-state index contributed by atoms with van der Waals surface area (Å²) in [4.78, 5) is 0. The average Bonchev–Trinajstić information content (AvgIpc) is 2.38. The molecule has 0 aliphatic carbocycles. The molecule has 1 atom stereocenters. The van der Waals surface area contributed by atoms with Crippen LogP contribution >= 0.6 is 0 Å². The normalized spacial score (nSPS) is 13.9. The van der Waals surface area contributed by atoms with Gasteiger partial charge in [-0.25, -0.2) is 0 Å². The van der Waals surface area contributed by atoms with Crippen LogP contribution < -0.4 is 10.5 Å². The fourth-order valence-electron chi connectivity index (χ4n) is 2.50. The summed E-state index contributed by atoms with van der Waals surface area (Å²) in [5, 5.41) is 0. The molecule has 2 nitrogen and oxygen atoms in total. The second-order valence-corrected chi connectivity index (χ2v) is 5.25. The third kappa shape index (κ3) is 2.64. The van der Waals surface area contributed by atoms with Crippen molar-refractivity contribution in [3.63, 3.8) is 0 Å². The van der Waals surface area contributed by atoms with Gasteiger partial charge in [0.25, 0.3) is 0 Å². The highest BCUT2D eigenvalue weighted by Gasteiger charge is 2.25. The number of benzene rings is 2. The van der Waals surface area contributed by atoms with Crippen molar-refractivity contribution in [3.8, 4) is 5.75 Å². The van der Waals surface area contributed by atoms with Crippen molar-refractivity contribution in [2.24, 2.45) is 5.73 Å². The highest BCUT2D eigenvalue weighted by Crippen LogP contribution is 2.31. The van der Waals surface area contributed by atoms with E-state index < -0.39 is 5.54 Å². The van der Waals surface area contributed by atoms with Crippen molar-refractivity contribution in [1.82, 2.24) is 0 Å². The predicted octanol–water partition coefficient (Wildman–Crippen LogP) is 3.53. The Morgan fingerprint density at radius 3 is 2.42 bits per heavy atom. The minimum absolute atomic E-state index is 0.522. The maximum Gasteiger partial charge on any atom is 0.119 e. The van der Waals surface area contributed by atoms with Crippen molar-refractivity contribution in [3.05, 3.63) is 64.7 Å². The van der Waals surface area contributed by atoms with Crippen LogP contribution in [-0.4, -0.2) is 7.11 Å². The molecule has 2 aromatic carbocycles. The zero-order valence-corrected chi connectivity index (χ0v) is 12.0. The van der Waals surface area contributed by atoms with E-state index in [-0.39, 0.29) is 0 Å². The molecular formula is C17H21NO. The van der Waals surface area contributed by atoms with Gasteiger partial charge in [0.05, 0.1) is 12.6 Å². The molecule has 0 bridgehead atoms. The number of methoxy groups -OCH3 is 1. The first-order valence-corrected chi connectivity index (χ1v) is 6.46. The van der Waals surface area contributed by atoms with E-state index in [1.807, 2.05) is 31.2 Å². The van der Waals surface area contributed by atoms with Crippen LogP contribution in [0.4, 0.5) is 0 Å². The summed E-state index contributed by atoms with van der Waals surface area (Å²) >= 11 is 0. The molecule has 2 aromatic rings. The van der Waals surface area contributed by atoms with Gasteiger partial charge in [-0.15, -0.1) is 0 Å². The van der Waals surface area contributed by atoms with E-state index >= 15 is 0 Å². The molecule has 0 heterocycles. The first-order valence-electron chi connectivity index (χ1n) is 6.46. The standard InChI is InChI=1S/C17H21NO/c1-12-8-9-16(13(2)10-12)17(3,18)14-6-5-7-15(11-14)19-4/h5-11H,18H2,1-4H3. The number of hydrogen-bond acceptors (Lipinski definition) is 2. The number of ether oxygens (including phenoxy) is 1. The molecule has 0 spiro atoms. The lowest BCUT2D eigenvalue weighted by molar-refractivity contribution is 0.413. The summed E-state index contributed by atoms with van der Waals surface area (Å²) in [6, 6.07) is 14.3. The summed E-state index contributed by atoms with van der Waals surface area (Å²) in [7, 11) is 1.67. The molecule has 0 radical (unpaired) electrons. The molecule has 0 aromatic heterocycles. The Hall–Kier alpha value is -1.80. The minimum Gasteiger partial charge on any atom is -0.497 e. The van der Waals surface area contributed by atoms with E-state index in [9.17, 15) is 0 Å². The van der Waals surface area contributed by atoms with Crippen molar-refractivity contribution < 1.29 is 4.74 Å². The zero-order valence-electron chi connectivity index (χ0n) is 12.0. The van der Waals surface area contributed by atoms with Crippen LogP contribution in [0.1, 0.15) is 29.2 Å². The third-order valence-corrected chi connectivity index (χ3v) is 3.61. The van der Waals surface area contributed by atoms with E-state index in [4.69, 9.17) is 10.5 Å². The Kier molecular flexibility index (Phi) is 3.63. The molecule has 0 saturated carbocycles. The minimum atomic E-state index is -0.522. The summed E-state index contributed by atoms with van der Waals surface area (Å²) < 4.78 is 5.28. The van der Waals surface area contributed by atoms with Crippen LogP contribution in [0.5, 0.6) is 5.75 Å². The average molecular weight is 255 g/mol. The number of aryl methyl sites for hydroxylation is 2. The lowest BCUT2D eigenvalue weighted by Crippen LogP contribution is -2.35. The first kappa shape index (κ1) is 13.6. The van der Waals surface area contributed by atoms with Crippen molar-refractivity contribution in [2.45, 2.75) is 26.3 Å². The van der Waals surface area contributed by atoms with Gasteiger partial charge in [-0.2, -0.15) is 0 Å². The molecule has 0 amide bonds. The lowest BCUT2D eigenvalue weighted by atomic mass is 9.83. The second-order valence-electron chi connectivity index (χ2n) is 5.25. The van der Waals surface area contributed by atoms with Crippen LogP contribution in [-0.2, 0) is 5.54 Å². The lowest BCUT2D eigenvalue weighted by Gasteiger charge is -2.28. The van der Waals surface area contributed by atoms with Crippen LogP contribution in [0.3, 0.4) is 0 Å². The molecule has 2 rings (SSSR count). The van der Waals surface area contributed by atoms with Crippen LogP contribution in [0.25, 0.3) is 0 Å². The molecule has 19 heavy (non-hydrogen) atoms.